The van der Waals surface area contributed by atoms with Crippen LogP contribution in [-0.4, -0.2) is 18.3 Å². The molecule has 0 bridgehead atoms. The molecular weight excluding hydrogens is 208 g/mol. The van der Waals surface area contributed by atoms with Crippen molar-refractivity contribution in [2.75, 3.05) is 13.2 Å². The largest absolute Gasteiger partial charge is 0.491 e. The Balaban J connectivity index is 2.40. The van der Waals surface area contributed by atoms with Crippen molar-refractivity contribution in [3.63, 3.8) is 0 Å². The molecule has 0 aliphatic rings. The van der Waals surface area contributed by atoms with Gasteiger partial charge in [0, 0.05) is 0 Å². The first kappa shape index (κ1) is 11.8. The molecule has 0 radical (unpaired) electrons. The van der Waals surface area contributed by atoms with Crippen LogP contribution in [0, 0.1) is 13.8 Å². The quantitative estimate of drug-likeness (QED) is 0.601. The third kappa shape index (κ3) is 4.16. The summed E-state index contributed by atoms with van der Waals surface area (Å²) in [7, 11) is 0. The van der Waals surface area contributed by atoms with Gasteiger partial charge in [0.15, 0.2) is 5.11 Å². The number of ether oxygens (including phenoxy) is 1. The number of hydrogen-bond acceptors (Lipinski definition) is 2. The van der Waals surface area contributed by atoms with Crippen LogP contribution in [0.5, 0.6) is 5.75 Å². The Morgan fingerprint density at radius 1 is 1.47 bits per heavy atom. The van der Waals surface area contributed by atoms with Crippen molar-refractivity contribution in [3.05, 3.63) is 29.3 Å². The van der Waals surface area contributed by atoms with E-state index in [2.05, 4.69) is 30.5 Å². The Labute approximate surface area is 95.6 Å². The van der Waals surface area contributed by atoms with Crippen LogP contribution < -0.4 is 15.8 Å². The maximum Gasteiger partial charge on any atom is 0.163 e. The Kier molecular flexibility index (Phi) is 4.37. The van der Waals surface area contributed by atoms with E-state index in [0.29, 0.717) is 18.3 Å². The van der Waals surface area contributed by atoms with Gasteiger partial charge >= 0.3 is 0 Å². The van der Waals surface area contributed by atoms with E-state index in [1.54, 1.807) is 0 Å². The van der Waals surface area contributed by atoms with E-state index in [0.717, 1.165) is 11.3 Å². The zero-order valence-electron chi connectivity index (χ0n) is 9.04. The minimum Gasteiger partial charge on any atom is -0.491 e. The smallest absolute Gasteiger partial charge is 0.163 e. The van der Waals surface area contributed by atoms with E-state index in [9.17, 15) is 0 Å². The standard InChI is InChI=1S/C11H16N2OS/c1-8-3-4-10(9(2)7-8)14-6-5-13-11(12)15/h3-4,7H,5-6H2,1-2H3,(H3,12,13,15). The predicted molar refractivity (Wildman–Crippen MR) is 66.2 cm³/mol. The molecule has 15 heavy (non-hydrogen) atoms. The van der Waals surface area contributed by atoms with Crippen LogP contribution in [0.4, 0.5) is 0 Å². The lowest BCUT2D eigenvalue weighted by molar-refractivity contribution is 0.320. The lowest BCUT2D eigenvalue weighted by Crippen LogP contribution is -2.32. The van der Waals surface area contributed by atoms with Gasteiger partial charge in [-0.15, -0.1) is 0 Å². The molecular formula is C11H16N2OS. The van der Waals surface area contributed by atoms with Gasteiger partial charge in [0.2, 0.25) is 0 Å². The molecule has 4 heteroatoms. The third-order valence-corrected chi connectivity index (χ3v) is 2.13. The number of nitrogens with two attached hydrogens (primary N) is 1. The molecule has 3 N–H and O–H groups in total. The third-order valence-electron chi connectivity index (χ3n) is 1.99. The van der Waals surface area contributed by atoms with Crippen LogP contribution in [0.1, 0.15) is 11.1 Å². The molecule has 0 aliphatic carbocycles. The number of hydrogen-bond donors (Lipinski definition) is 2. The van der Waals surface area contributed by atoms with E-state index in [1.807, 2.05) is 19.1 Å². The van der Waals surface area contributed by atoms with Gasteiger partial charge in [-0.3, -0.25) is 0 Å². The monoisotopic (exact) mass is 224 g/mol. The van der Waals surface area contributed by atoms with Crippen molar-refractivity contribution < 1.29 is 4.74 Å². The summed E-state index contributed by atoms with van der Waals surface area (Å²) in [4.78, 5) is 0. The van der Waals surface area contributed by atoms with Gasteiger partial charge in [0.1, 0.15) is 12.4 Å². The summed E-state index contributed by atoms with van der Waals surface area (Å²) >= 11 is 4.68. The van der Waals surface area contributed by atoms with Gasteiger partial charge in [-0.1, -0.05) is 17.7 Å². The fourth-order valence-electron chi connectivity index (χ4n) is 1.30. The molecule has 0 unspecified atom stereocenters. The Hall–Kier alpha value is -1.29. The average molecular weight is 224 g/mol. The van der Waals surface area contributed by atoms with Crippen molar-refractivity contribution in [1.29, 1.82) is 0 Å². The molecule has 0 aromatic heterocycles. The highest BCUT2D eigenvalue weighted by Gasteiger charge is 1.98. The molecule has 82 valence electrons. The maximum absolute atomic E-state index is 5.56. The van der Waals surface area contributed by atoms with E-state index in [1.165, 1.54) is 5.56 Å². The molecule has 3 nitrogen and oxygen atoms in total. The minimum absolute atomic E-state index is 0.305. The molecule has 0 heterocycles. The summed E-state index contributed by atoms with van der Waals surface area (Å²) in [6.07, 6.45) is 0. The fraction of sp³-hybridized carbons (Fsp3) is 0.364. The highest BCUT2D eigenvalue weighted by atomic mass is 32.1. The molecule has 0 atom stereocenters. The highest BCUT2D eigenvalue weighted by molar-refractivity contribution is 7.80. The van der Waals surface area contributed by atoms with Gasteiger partial charge in [-0.2, -0.15) is 0 Å². The number of aryl methyl sites for hydroxylation is 2. The number of benzene rings is 1. The topological polar surface area (TPSA) is 47.3 Å². The van der Waals surface area contributed by atoms with Crippen LogP contribution >= 0.6 is 12.2 Å². The van der Waals surface area contributed by atoms with Crippen LogP contribution in [0.2, 0.25) is 0 Å². The van der Waals surface area contributed by atoms with Crippen molar-refractivity contribution in [2.45, 2.75) is 13.8 Å². The first-order chi connectivity index (χ1) is 7.09. The second kappa shape index (κ2) is 5.56. The predicted octanol–water partition coefficient (Wildman–Crippen LogP) is 1.52. The molecule has 1 rings (SSSR count). The summed E-state index contributed by atoms with van der Waals surface area (Å²) in [6, 6.07) is 6.10. The normalized spacial score (nSPS) is 9.73. The van der Waals surface area contributed by atoms with Crippen molar-refractivity contribution in [1.82, 2.24) is 5.32 Å². The molecule has 1 aromatic rings. The van der Waals surface area contributed by atoms with Crippen molar-refractivity contribution in [2.24, 2.45) is 5.73 Å². The molecule has 0 fully saturated rings. The van der Waals surface area contributed by atoms with Gasteiger partial charge in [-0.25, -0.2) is 0 Å². The van der Waals surface area contributed by atoms with Gasteiger partial charge in [0.05, 0.1) is 6.54 Å². The summed E-state index contributed by atoms with van der Waals surface area (Å²) < 4.78 is 5.56. The second-order valence-corrected chi connectivity index (χ2v) is 3.85. The molecule has 0 saturated heterocycles. The summed E-state index contributed by atoms with van der Waals surface area (Å²) in [6.45, 7) is 5.28. The van der Waals surface area contributed by atoms with Crippen molar-refractivity contribution >= 4 is 17.3 Å². The van der Waals surface area contributed by atoms with Crippen LogP contribution in [0.25, 0.3) is 0 Å². The number of nitrogens with one attached hydrogen (secondary N) is 1. The lowest BCUT2D eigenvalue weighted by atomic mass is 10.1. The van der Waals surface area contributed by atoms with Gasteiger partial charge < -0.3 is 15.8 Å². The van der Waals surface area contributed by atoms with Gasteiger partial charge in [-0.05, 0) is 37.7 Å². The molecule has 0 spiro atoms. The highest BCUT2D eigenvalue weighted by Crippen LogP contribution is 2.18. The first-order valence-corrected chi connectivity index (χ1v) is 5.24. The van der Waals surface area contributed by atoms with E-state index >= 15 is 0 Å². The number of thiocarbonyl (C=S) groups is 1. The maximum atomic E-state index is 5.56. The van der Waals surface area contributed by atoms with Crippen LogP contribution in [-0.2, 0) is 0 Å². The molecule has 0 amide bonds. The first-order valence-electron chi connectivity index (χ1n) is 4.83. The van der Waals surface area contributed by atoms with E-state index in [4.69, 9.17) is 10.5 Å². The Morgan fingerprint density at radius 2 is 2.20 bits per heavy atom. The van der Waals surface area contributed by atoms with Crippen LogP contribution in [0.15, 0.2) is 18.2 Å². The number of rotatable bonds is 4. The zero-order valence-corrected chi connectivity index (χ0v) is 9.86. The minimum atomic E-state index is 0.305. The Bertz CT molecular complexity index is 352. The second-order valence-electron chi connectivity index (χ2n) is 3.41. The SMILES string of the molecule is Cc1ccc(OCCNC(N)=S)c(C)c1. The Morgan fingerprint density at radius 3 is 2.80 bits per heavy atom. The van der Waals surface area contributed by atoms with E-state index in [-0.39, 0.29) is 0 Å². The molecule has 0 aliphatic heterocycles. The summed E-state index contributed by atoms with van der Waals surface area (Å²) in [5, 5.41) is 3.14. The van der Waals surface area contributed by atoms with E-state index < -0.39 is 0 Å². The summed E-state index contributed by atoms with van der Waals surface area (Å²) in [5.74, 6) is 0.908. The lowest BCUT2D eigenvalue weighted by Gasteiger charge is -2.10. The fourth-order valence-corrected chi connectivity index (χ4v) is 1.40. The molecule has 0 saturated carbocycles. The van der Waals surface area contributed by atoms with Crippen molar-refractivity contribution in [3.8, 4) is 5.75 Å². The molecule has 1 aromatic carbocycles. The summed E-state index contributed by atoms with van der Waals surface area (Å²) in [5.41, 5.74) is 7.67. The van der Waals surface area contributed by atoms with Gasteiger partial charge in [0.25, 0.3) is 0 Å². The van der Waals surface area contributed by atoms with Crippen LogP contribution in [0.3, 0.4) is 0 Å². The average Bonchev–Trinajstić information content (AvgIpc) is 2.14. The zero-order chi connectivity index (χ0) is 11.3.